The number of benzene rings is 1. The van der Waals surface area contributed by atoms with Gasteiger partial charge in [-0.3, -0.25) is 4.84 Å². The maximum atomic E-state index is 11.4. The summed E-state index contributed by atoms with van der Waals surface area (Å²) in [5.41, 5.74) is 2.34. The van der Waals surface area contributed by atoms with Crippen LogP contribution in [0.2, 0.25) is 0 Å². The lowest BCUT2D eigenvalue weighted by molar-refractivity contribution is -0.254. The summed E-state index contributed by atoms with van der Waals surface area (Å²) in [5, 5.41) is 21.8. The van der Waals surface area contributed by atoms with Crippen LogP contribution in [0, 0.1) is 0 Å². The lowest BCUT2D eigenvalue weighted by atomic mass is 10.1. The summed E-state index contributed by atoms with van der Waals surface area (Å²) >= 11 is 11.7. The van der Waals surface area contributed by atoms with Crippen LogP contribution in [0.1, 0.15) is 18.4 Å². The first-order valence-electron chi connectivity index (χ1n) is 10.5. The van der Waals surface area contributed by atoms with Gasteiger partial charge in [0.05, 0.1) is 7.11 Å². The molecule has 2 aliphatic rings. The van der Waals surface area contributed by atoms with Crippen molar-refractivity contribution in [2.24, 2.45) is 0 Å². The number of nitrogens with zero attached hydrogens (tertiary/aromatic N) is 2. The molecule has 31 heavy (non-hydrogen) atoms. The van der Waals surface area contributed by atoms with Gasteiger partial charge in [-0.15, -0.1) is 23.2 Å². The molecule has 1 aromatic rings. The molecule has 2 fully saturated rings. The molecule has 2 saturated heterocycles. The van der Waals surface area contributed by atoms with Gasteiger partial charge in [-0.25, -0.2) is 4.79 Å². The number of carbonyl (C=O) groups excluding carboxylic acids is 1. The van der Waals surface area contributed by atoms with E-state index < -0.39 is 36.6 Å². The predicted molar refractivity (Wildman–Crippen MR) is 117 cm³/mol. The van der Waals surface area contributed by atoms with Crippen molar-refractivity contribution in [3.05, 3.63) is 29.8 Å². The SMILES string of the molecule is CON(CCCCc1ccc(N(CCCl)CCCl)cc1)[C@@H]1O[C@H]2[C@H](OC(=O)[C@H]2O)[C@H]1O. The van der Waals surface area contributed by atoms with Gasteiger partial charge in [0, 0.05) is 37.1 Å². The number of unbranched alkanes of at least 4 members (excludes halogenated alkanes) is 1. The number of rotatable bonds is 12. The lowest BCUT2D eigenvalue weighted by Gasteiger charge is -2.28. The van der Waals surface area contributed by atoms with Crippen molar-refractivity contribution in [2.75, 3.05) is 43.4 Å². The second kappa shape index (κ2) is 11.7. The number of hydrogen-bond donors (Lipinski definition) is 2. The van der Waals surface area contributed by atoms with Gasteiger partial charge in [0.2, 0.25) is 0 Å². The highest BCUT2D eigenvalue weighted by Gasteiger charge is 2.58. The average molecular weight is 477 g/mol. The summed E-state index contributed by atoms with van der Waals surface area (Å²) in [7, 11) is 1.50. The Hall–Kier alpha value is -1.13. The Morgan fingerprint density at radius 3 is 2.29 bits per heavy atom. The van der Waals surface area contributed by atoms with E-state index in [4.69, 9.17) is 37.5 Å². The molecular formula is C21H30Cl2N2O6. The topological polar surface area (TPSA) is 91.7 Å². The second-order valence-electron chi connectivity index (χ2n) is 7.64. The number of aliphatic hydroxyl groups is 2. The van der Waals surface area contributed by atoms with Crippen LogP contribution in [0.15, 0.2) is 24.3 Å². The molecule has 0 radical (unpaired) electrons. The Morgan fingerprint density at radius 1 is 1.03 bits per heavy atom. The molecule has 2 heterocycles. The average Bonchev–Trinajstić information content (AvgIpc) is 3.24. The number of aryl methyl sites for hydroxylation is 1. The minimum absolute atomic E-state index is 0.527. The zero-order valence-corrected chi connectivity index (χ0v) is 19.0. The van der Waals surface area contributed by atoms with Crippen LogP contribution in [0.25, 0.3) is 0 Å². The molecule has 0 saturated carbocycles. The Kier molecular flexibility index (Phi) is 9.21. The van der Waals surface area contributed by atoms with Crippen molar-refractivity contribution in [3.8, 4) is 0 Å². The molecule has 0 amide bonds. The number of alkyl halides is 2. The molecule has 0 spiro atoms. The summed E-state index contributed by atoms with van der Waals surface area (Å²) in [6.07, 6.45) is -2.38. The van der Waals surface area contributed by atoms with Crippen LogP contribution in [-0.4, -0.2) is 90.4 Å². The highest BCUT2D eigenvalue weighted by molar-refractivity contribution is 6.18. The largest absolute Gasteiger partial charge is 0.455 e. The molecule has 0 unspecified atom stereocenters. The van der Waals surface area contributed by atoms with E-state index in [1.165, 1.54) is 17.7 Å². The highest BCUT2D eigenvalue weighted by atomic mass is 35.5. The van der Waals surface area contributed by atoms with E-state index in [0.29, 0.717) is 18.3 Å². The fraction of sp³-hybridized carbons (Fsp3) is 0.667. The van der Waals surface area contributed by atoms with Crippen LogP contribution < -0.4 is 4.90 Å². The third kappa shape index (κ3) is 5.82. The number of ether oxygens (including phenoxy) is 2. The number of hydrogen-bond acceptors (Lipinski definition) is 8. The van der Waals surface area contributed by atoms with Gasteiger partial charge in [-0.1, -0.05) is 12.1 Å². The number of anilines is 1. The van der Waals surface area contributed by atoms with Gasteiger partial charge in [0.25, 0.3) is 0 Å². The first kappa shape index (κ1) is 24.5. The summed E-state index contributed by atoms with van der Waals surface area (Å²) < 4.78 is 10.7. The van der Waals surface area contributed by atoms with Crippen molar-refractivity contribution in [2.45, 2.75) is 49.9 Å². The molecule has 10 heteroatoms. The van der Waals surface area contributed by atoms with Crippen molar-refractivity contribution < 1.29 is 29.3 Å². The summed E-state index contributed by atoms with van der Waals surface area (Å²) in [5.74, 6) is 0.337. The van der Waals surface area contributed by atoms with Gasteiger partial charge in [-0.05, 0) is 37.0 Å². The molecule has 0 bridgehead atoms. The molecule has 0 aliphatic carbocycles. The zero-order valence-electron chi connectivity index (χ0n) is 17.5. The molecule has 3 rings (SSSR count). The van der Waals surface area contributed by atoms with Crippen LogP contribution in [-0.2, 0) is 25.5 Å². The fourth-order valence-electron chi connectivity index (χ4n) is 4.01. The number of halogens is 2. The number of esters is 1. The number of aliphatic hydroxyl groups excluding tert-OH is 2. The van der Waals surface area contributed by atoms with E-state index in [-0.39, 0.29) is 0 Å². The van der Waals surface area contributed by atoms with Crippen LogP contribution in [0.5, 0.6) is 0 Å². The van der Waals surface area contributed by atoms with Crippen LogP contribution in [0.4, 0.5) is 5.69 Å². The van der Waals surface area contributed by atoms with Crippen molar-refractivity contribution >= 4 is 34.9 Å². The molecule has 5 atom stereocenters. The minimum Gasteiger partial charge on any atom is -0.455 e. The smallest absolute Gasteiger partial charge is 0.338 e. The normalized spacial score (nSPS) is 27.5. The van der Waals surface area contributed by atoms with Crippen molar-refractivity contribution in [3.63, 3.8) is 0 Å². The molecule has 1 aromatic carbocycles. The van der Waals surface area contributed by atoms with Crippen molar-refractivity contribution in [1.29, 1.82) is 0 Å². The Bertz CT molecular complexity index is 704. The molecule has 8 nitrogen and oxygen atoms in total. The van der Waals surface area contributed by atoms with E-state index >= 15 is 0 Å². The first-order valence-corrected chi connectivity index (χ1v) is 11.6. The van der Waals surface area contributed by atoms with Crippen molar-refractivity contribution in [1.82, 2.24) is 5.06 Å². The Balaban J connectivity index is 1.45. The Morgan fingerprint density at radius 2 is 1.71 bits per heavy atom. The maximum Gasteiger partial charge on any atom is 0.338 e. The monoisotopic (exact) mass is 476 g/mol. The van der Waals surface area contributed by atoms with Gasteiger partial charge >= 0.3 is 5.97 Å². The maximum absolute atomic E-state index is 11.4. The van der Waals surface area contributed by atoms with E-state index in [0.717, 1.165) is 38.0 Å². The highest BCUT2D eigenvalue weighted by Crippen LogP contribution is 2.33. The summed E-state index contributed by atoms with van der Waals surface area (Å²) in [6, 6.07) is 8.40. The quantitative estimate of drug-likeness (QED) is 0.203. The number of carbonyl (C=O) groups is 1. The molecule has 2 N–H and O–H groups in total. The molecule has 0 aromatic heterocycles. The van der Waals surface area contributed by atoms with Crippen LogP contribution in [0.3, 0.4) is 0 Å². The third-order valence-electron chi connectivity index (χ3n) is 5.68. The van der Waals surface area contributed by atoms with Gasteiger partial charge in [-0.2, -0.15) is 5.06 Å². The standard InChI is InChI=1S/C21H30Cl2N2O6/c1-29-25(20-16(26)18-19(30-20)17(27)21(28)31-18)11-3-2-4-14-5-7-15(8-6-14)24(12-9-22)13-10-23/h5-8,16-20,26-27H,2-4,9-13H2,1H3/t16-,17+,18-,19-,20-/m1/s1. The van der Waals surface area contributed by atoms with E-state index in [2.05, 4.69) is 29.2 Å². The predicted octanol–water partition coefficient (Wildman–Crippen LogP) is 1.53. The molecule has 2 aliphatic heterocycles. The summed E-state index contributed by atoms with van der Waals surface area (Å²) in [4.78, 5) is 19.0. The van der Waals surface area contributed by atoms with Gasteiger partial charge < -0.3 is 24.6 Å². The lowest BCUT2D eigenvalue weighted by Crippen LogP contribution is -2.44. The zero-order chi connectivity index (χ0) is 22.4. The Labute approximate surface area is 192 Å². The third-order valence-corrected chi connectivity index (χ3v) is 6.01. The second-order valence-corrected chi connectivity index (χ2v) is 8.40. The van der Waals surface area contributed by atoms with Crippen LogP contribution >= 0.6 is 23.2 Å². The van der Waals surface area contributed by atoms with E-state index in [1.54, 1.807) is 0 Å². The minimum atomic E-state index is -1.38. The summed E-state index contributed by atoms with van der Waals surface area (Å²) in [6.45, 7) is 2.04. The fourth-order valence-corrected chi connectivity index (χ4v) is 4.42. The number of hydroxylamine groups is 2. The van der Waals surface area contributed by atoms with Gasteiger partial charge in [0.1, 0.15) is 12.2 Å². The van der Waals surface area contributed by atoms with Gasteiger partial charge in [0.15, 0.2) is 18.4 Å². The molecular weight excluding hydrogens is 447 g/mol. The van der Waals surface area contributed by atoms with E-state index in [1.807, 2.05) is 0 Å². The number of fused-ring (bicyclic) bond motifs is 1. The van der Waals surface area contributed by atoms with E-state index in [9.17, 15) is 15.0 Å². The first-order chi connectivity index (χ1) is 15.0. The molecule has 174 valence electrons.